The number of aryl methyl sites for hydroxylation is 2. The molecule has 1 N–H and O–H groups in total. The number of benzene rings is 2. The molecule has 0 amide bonds. The fourth-order valence-corrected chi connectivity index (χ4v) is 2.67. The third-order valence-corrected chi connectivity index (χ3v) is 5.05. The monoisotopic (exact) mass is 346 g/mol. The molecular weight excluding hydrogens is 328 g/mol. The van der Waals surface area contributed by atoms with Gasteiger partial charge in [0.25, 0.3) is 0 Å². The largest absolute Gasteiger partial charge is 0.490 e. The molecule has 0 radical (unpaired) electrons. The molecule has 2 aromatic carbocycles. The Bertz CT molecular complexity index is 622. The molecule has 1 saturated carbocycles. The fourth-order valence-electron chi connectivity index (χ4n) is 2.44. The van der Waals surface area contributed by atoms with Gasteiger partial charge in [-0.1, -0.05) is 40.2 Å². The molecule has 110 valence electrons. The van der Waals surface area contributed by atoms with Crippen molar-refractivity contribution in [3.63, 3.8) is 0 Å². The van der Waals surface area contributed by atoms with Crippen molar-refractivity contribution in [2.45, 2.75) is 38.9 Å². The van der Waals surface area contributed by atoms with Crippen LogP contribution in [-0.4, -0.2) is 11.2 Å². The normalized spacial score (nSPS) is 15.8. The zero-order chi connectivity index (χ0) is 15.0. The number of hydrogen-bond acceptors (Lipinski definition) is 2. The van der Waals surface area contributed by atoms with Gasteiger partial charge >= 0.3 is 0 Å². The van der Waals surface area contributed by atoms with E-state index in [0.717, 1.165) is 45.3 Å². The number of rotatable bonds is 4. The van der Waals surface area contributed by atoms with Gasteiger partial charge in [-0.15, -0.1) is 0 Å². The summed E-state index contributed by atoms with van der Waals surface area (Å²) in [5.74, 6) is 0.886. The summed E-state index contributed by atoms with van der Waals surface area (Å²) in [7, 11) is 0. The summed E-state index contributed by atoms with van der Waals surface area (Å²) in [6, 6.07) is 11.8. The molecular formula is C18H19BrO2. The van der Waals surface area contributed by atoms with E-state index >= 15 is 0 Å². The van der Waals surface area contributed by atoms with Crippen LogP contribution in [0.3, 0.4) is 0 Å². The number of aliphatic hydroxyl groups excluding tert-OH is 1. The fraction of sp³-hybridized carbons (Fsp3) is 0.333. The van der Waals surface area contributed by atoms with Gasteiger partial charge in [0, 0.05) is 4.47 Å². The number of hydrogen-bond donors (Lipinski definition) is 1. The first-order valence-corrected chi connectivity index (χ1v) is 8.05. The SMILES string of the molecule is Cc1cc(C(O)c2ccc(OC3CC3)cc2)cc(C)c1Br. The van der Waals surface area contributed by atoms with Gasteiger partial charge in [-0.05, 0) is 61.1 Å². The zero-order valence-electron chi connectivity index (χ0n) is 12.3. The molecule has 3 rings (SSSR count). The van der Waals surface area contributed by atoms with Gasteiger partial charge in [0.05, 0.1) is 6.10 Å². The maximum Gasteiger partial charge on any atom is 0.119 e. The van der Waals surface area contributed by atoms with E-state index in [1.165, 1.54) is 0 Å². The van der Waals surface area contributed by atoms with Crippen molar-refractivity contribution in [3.05, 3.63) is 63.1 Å². The lowest BCUT2D eigenvalue weighted by Crippen LogP contribution is -2.02. The van der Waals surface area contributed by atoms with Crippen LogP contribution >= 0.6 is 15.9 Å². The van der Waals surface area contributed by atoms with Crippen molar-refractivity contribution in [3.8, 4) is 5.75 Å². The van der Waals surface area contributed by atoms with E-state index in [4.69, 9.17) is 4.74 Å². The third kappa shape index (κ3) is 3.30. The Labute approximate surface area is 133 Å². The molecule has 2 aromatic rings. The van der Waals surface area contributed by atoms with Crippen molar-refractivity contribution < 1.29 is 9.84 Å². The molecule has 1 atom stereocenters. The van der Waals surface area contributed by atoms with Crippen LogP contribution in [0.25, 0.3) is 0 Å². The summed E-state index contributed by atoms with van der Waals surface area (Å²) < 4.78 is 6.84. The first-order valence-electron chi connectivity index (χ1n) is 7.26. The van der Waals surface area contributed by atoms with Crippen LogP contribution in [0, 0.1) is 13.8 Å². The Morgan fingerprint density at radius 3 is 2.14 bits per heavy atom. The standard InChI is InChI=1S/C18H19BrO2/c1-11-9-14(10-12(2)17(11)19)18(20)13-3-5-15(6-4-13)21-16-7-8-16/h3-6,9-10,16,18,20H,7-8H2,1-2H3. The minimum absolute atomic E-state index is 0.401. The highest BCUT2D eigenvalue weighted by atomic mass is 79.9. The van der Waals surface area contributed by atoms with Gasteiger partial charge in [-0.3, -0.25) is 0 Å². The van der Waals surface area contributed by atoms with E-state index in [9.17, 15) is 5.11 Å². The molecule has 0 heterocycles. The second-order valence-corrected chi connectivity index (χ2v) is 6.55. The van der Waals surface area contributed by atoms with E-state index < -0.39 is 6.10 Å². The number of ether oxygens (including phenoxy) is 1. The van der Waals surface area contributed by atoms with Crippen LogP contribution in [-0.2, 0) is 0 Å². The minimum atomic E-state index is -0.606. The highest BCUT2D eigenvalue weighted by Crippen LogP contribution is 2.31. The van der Waals surface area contributed by atoms with Crippen LogP contribution in [0.15, 0.2) is 40.9 Å². The van der Waals surface area contributed by atoms with Crippen LogP contribution in [0.1, 0.15) is 41.2 Å². The average Bonchev–Trinajstić information content (AvgIpc) is 3.28. The lowest BCUT2D eigenvalue weighted by atomic mass is 9.98. The predicted molar refractivity (Wildman–Crippen MR) is 87.8 cm³/mol. The van der Waals surface area contributed by atoms with Crippen LogP contribution in [0.4, 0.5) is 0 Å². The molecule has 2 nitrogen and oxygen atoms in total. The second kappa shape index (κ2) is 5.82. The first kappa shape index (κ1) is 14.6. The summed E-state index contributed by atoms with van der Waals surface area (Å²) >= 11 is 3.56. The van der Waals surface area contributed by atoms with E-state index in [2.05, 4.69) is 15.9 Å². The van der Waals surface area contributed by atoms with E-state index in [0.29, 0.717) is 6.10 Å². The second-order valence-electron chi connectivity index (χ2n) is 5.76. The highest BCUT2D eigenvalue weighted by molar-refractivity contribution is 9.10. The van der Waals surface area contributed by atoms with E-state index in [1.54, 1.807) is 0 Å². The van der Waals surface area contributed by atoms with Crippen molar-refractivity contribution in [1.29, 1.82) is 0 Å². The highest BCUT2D eigenvalue weighted by Gasteiger charge is 2.23. The Balaban J connectivity index is 1.82. The molecule has 1 fully saturated rings. The molecule has 0 aromatic heterocycles. The summed E-state index contributed by atoms with van der Waals surface area (Å²) in [5.41, 5.74) is 4.08. The van der Waals surface area contributed by atoms with E-state index in [-0.39, 0.29) is 0 Å². The third-order valence-electron chi connectivity index (χ3n) is 3.80. The van der Waals surface area contributed by atoms with Gasteiger partial charge in [-0.2, -0.15) is 0 Å². The van der Waals surface area contributed by atoms with Gasteiger partial charge in [0.1, 0.15) is 11.9 Å². The Morgan fingerprint density at radius 1 is 1.05 bits per heavy atom. The Hall–Kier alpha value is -1.32. The molecule has 0 spiro atoms. The van der Waals surface area contributed by atoms with Crippen molar-refractivity contribution in [2.75, 3.05) is 0 Å². The van der Waals surface area contributed by atoms with Gasteiger partial charge in [-0.25, -0.2) is 0 Å². The van der Waals surface area contributed by atoms with Crippen LogP contribution < -0.4 is 4.74 Å². The maximum atomic E-state index is 10.6. The zero-order valence-corrected chi connectivity index (χ0v) is 13.9. The Morgan fingerprint density at radius 2 is 1.62 bits per heavy atom. The summed E-state index contributed by atoms with van der Waals surface area (Å²) in [4.78, 5) is 0. The maximum absolute atomic E-state index is 10.6. The molecule has 1 aliphatic rings. The number of aliphatic hydroxyl groups is 1. The lowest BCUT2D eigenvalue weighted by Gasteiger charge is -2.15. The lowest BCUT2D eigenvalue weighted by molar-refractivity contribution is 0.220. The average molecular weight is 347 g/mol. The summed E-state index contributed by atoms with van der Waals surface area (Å²) in [6.45, 7) is 4.08. The van der Waals surface area contributed by atoms with Crippen molar-refractivity contribution in [2.24, 2.45) is 0 Å². The van der Waals surface area contributed by atoms with Gasteiger partial charge in [0.2, 0.25) is 0 Å². The molecule has 1 aliphatic carbocycles. The molecule has 1 unspecified atom stereocenters. The smallest absolute Gasteiger partial charge is 0.119 e. The predicted octanol–water partition coefficient (Wildman–Crippen LogP) is 4.69. The first-order chi connectivity index (χ1) is 10.0. The summed E-state index contributed by atoms with van der Waals surface area (Å²) in [5, 5.41) is 10.6. The molecule has 21 heavy (non-hydrogen) atoms. The topological polar surface area (TPSA) is 29.5 Å². The molecule has 0 saturated heterocycles. The van der Waals surface area contributed by atoms with Gasteiger partial charge in [0.15, 0.2) is 0 Å². The van der Waals surface area contributed by atoms with Crippen LogP contribution in [0.2, 0.25) is 0 Å². The van der Waals surface area contributed by atoms with Crippen molar-refractivity contribution in [1.82, 2.24) is 0 Å². The molecule has 0 aliphatic heterocycles. The van der Waals surface area contributed by atoms with E-state index in [1.807, 2.05) is 50.2 Å². The molecule has 3 heteroatoms. The van der Waals surface area contributed by atoms with Gasteiger partial charge < -0.3 is 9.84 Å². The minimum Gasteiger partial charge on any atom is -0.490 e. The number of halogens is 1. The summed E-state index contributed by atoms with van der Waals surface area (Å²) in [6.07, 6.45) is 2.10. The van der Waals surface area contributed by atoms with Crippen LogP contribution in [0.5, 0.6) is 5.75 Å². The molecule has 0 bridgehead atoms. The Kier molecular flexibility index (Phi) is 4.05. The quantitative estimate of drug-likeness (QED) is 0.870. The van der Waals surface area contributed by atoms with Crippen molar-refractivity contribution >= 4 is 15.9 Å².